The van der Waals surface area contributed by atoms with Gasteiger partial charge in [0.15, 0.2) is 0 Å². The minimum absolute atomic E-state index is 0.0185. The van der Waals surface area contributed by atoms with Crippen molar-refractivity contribution in [1.82, 2.24) is 4.98 Å². The van der Waals surface area contributed by atoms with Crippen LogP contribution < -0.4 is 4.57 Å². The monoisotopic (exact) mass is 140 g/mol. The standard InChI is InChI=1S/C5H5N3O2/c1-2-7-4-6-3-5(7)8(9)10/h2-4H,1H2/p+1. The van der Waals surface area contributed by atoms with Crippen LogP contribution in [0.2, 0.25) is 0 Å². The Bertz CT molecular complexity index is 266. The molecule has 1 rings (SSSR count). The fourth-order valence-electron chi connectivity index (χ4n) is 0.626. The smallest absolute Gasteiger partial charge is 0.323 e. The maximum atomic E-state index is 10.2. The molecule has 0 amide bonds. The van der Waals surface area contributed by atoms with E-state index in [2.05, 4.69) is 11.6 Å². The summed E-state index contributed by atoms with van der Waals surface area (Å²) in [6.07, 6.45) is 4.10. The third-order valence-electron chi connectivity index (χ3n) is 1.07. The number of nitrogens with one attached hydrogen (secondary N) is 1. The van der Waals surface area contributed by atoms with Crippen molar-refractivity contribution in [3.8, 4) is 0 Å². The lowest BCUT2D eigenvalue weighted by molar-refractivity contribution is -0.634. The van der Waals surface area contributed by atoms with Crippen molar-refractivity contribution < 1.29 is 9.49 Å². The Kier molecular flexibility index (Phi) is 1.49. The lowest BCUT2D eigenvalue weighted by Gasteiger charge is -1.84. The van der Waals surface area contributed by atoms with E-state index < -0.39 is 4.92 Å². The Morgan fingerprint density at radius 1 is 1.90 bits per heavy atom. The van der Waals surface area contributed by atoms with E-state index in [1.54, 1.807) is 0 Å². The summed E-state index contributed by atoms with van der Waals surface area (Å²) in [6.45, 7) is 3.38. The number of imidazole rings is 1. The molecule has 0 fully saturated rings. The number of nitro groups is 1. The number of rotatable bonds is 2. The molecule has 0 atom stereocenters. The van der Waals surface area contributed by atoms with Crippen LogP contribution in [-0.4, -0.2) is 9.91 Å². The highest BCUT2D eigenvalue weighted by molar-refractivity contribution is 5.09. The van der Waals surface area contributed by atoms with E-state index >= 15 is 0 Å². The second-order valence-electron chi connectivity index (χ2n) is 1.65. The molecule has 0 aliphatic heterocycles. The van der Waals surface area contributed by atoms with Gasteiger partial charge in [0.2, 0.25) is 6.20 Å². The molecule has 0 radical (unpaired) electrons. The first-order valence-corrected chi connectivity index (χ1v) is 2.60. The first kappa shape index (κ1) is 6.47. The van der Waals surface area contributed by atoms with Crippen LogP contribution in [-0.2, 0) is 0 Å². The number of aromatic amines is 1. The van der Waals surface area contributed by atoms with E-state index in [9.17, 15) is 10.1 Å². The van der Waals surface area contributed by atoms with Crippen molar-refractivity contribution in [3.63, 3.8) is 0 Å². The second-order valence-corrected chi connectivity index (χ2v) is 1.65. The molecule has 0 unspecified atom stereocenters. The van der Waals surface area contributed by atoms with Crippen LogP contribution in [0, 0.1) is 10.1 Å². The summed E-state index contributed by atoms with van der Waals surface area (Å²) in [5.74, 6) is -0.0185. The van der Waals surface area contributed by atoms with Crippen LogP contribution in [0.15, 0.2) is 19.1 Å². The maximum absolute atomic E-state index is 10.2. The molecule has 1 aromatic rings. The second kappa shape index (κ2) is 2.30. The van der Waals surface area contributed by atoms with Crippen LogP contribution in [0.4, 0.5) is 5.82 Å². The molecule has 52 valence electrons. The van der Waals surface area contributed by atoms with Crippen molar-refractivity contribution >= 4 is 12.0 Å². The summed E-state index contributed by atoms with van der Waals surface area (Å²) >= 11 is 0. The topological polar surface area (TPSA) is 62.8 Å². The zero-order valence-electron chi connectivity index (χ0n) is 5.15. The molecular weight excluding hydrogens is 134 g/mol. The fraction of sp³-hybridized carbons (Fsp3) is 0. The number of hydrogen-bond donors (Lipinski definition) is 1. The molecule has 1 heterocycles. The van der Waals surface area contributed by atoms with Gasteiger partial charge in [0.25, 0.3) is 0 Å². The van der Waals surface area contributed by atoms with Gasteiger partial charge in [-0.3, -0.25) is 0 Å². The molecule has 0 aliphatic rings. The van der Waals surface area contributed by atoms with Gasteiger partial charge >= 0.3 is 12.1 Å². The van der Waals surface area contributed by atoms with Gasteiger partial charge in [-0.2, -0.15) is 0 Å². The van der Waals surface area contributed by atoms with Gasteiger partial charge in [-0.25, -0.2) is 4.98 Å². The van der Waals surface area contributed by atoms with Crippen LogP contribution in [0.25, 0.3) is 6.20 Å². The van der Waals surface area contributed by atoms with E-state index in [-0.39, 0.29) is 5.82 Å². The highest BCUT2D eigenvalue weighted by atomic mass is 16.6. The highest BCUT2D eigenvalue weighted by Gasteiger charge is 2.15. The van der Waals surface area contributed by atoms with Gasteiger partial charge in [0.05, 0.1) is 0 Å². The number of aromatic nitrogens is 2. The Morgan fingerprint density at radius 3 is 3.00 bits per heavy atom. The van der Waals surface area contributed by atoms with E-state index in [0.29, 0.717) is 0 Å². The maximum Gasteiger partial charge on any atom is 0.438 e. The largest absolute Gasteiger partial charge is 0.438 e. The third kappa shape index (κ3) is 0.883. The Balaban J connectivity index is 3.13. The Labute approximate surface area is 56.8 Å². The number of nitrogens with zero attached hydrogens (tertiary/aromatic N) is 2. The molecule has 10 heavy (non-hydrogen) atoms. The molecule has 0 aromatic carbocycles. The lowest BCUT2D eigenvalue weighted by atomic mass is 10.7. The SMILES string of the molecule is C=C[n+]1c[nH]cc1[N+](=O)[O-]. The van der Waals surface area contributed by atoms with Gasteiger partial charge < -0.3 is 10.1 Å². The molecule has 5 nitrogen and oxygen atoms in total. The minimum Gasteiger partial charge on any atom is -0.323 e. The molecule has 5 heteroatoms. The predicted molar refractivity (Wildman–Crippen MR) is 34.0 cm³/mol. The normalized spacial score (nSPS) is 9.20. The number of H-pyrrole nitrogens is 1. The van der Waals surface area contributed by atoms with E-state index in [1.807, 2.05) is 0 Å². The average Bonchev–Trinajstić information content (AvgIpc) is 2.33. The lowest BCUT2D eigenvalue weighted by Crippen LogP contribution is -2.25. The number of hydrogen-bond acceptors (Lipinski definition) is 2. The van der Waals surface area contributed by atoms with E-state index in [4.69, 9.17) is 0 Å². The molecule has 0 saturated carbocycles. The van der Waals surface area contributed by atoms with Crippen molar-refractivity contribution in [2.75, 3.05) is 0 Å². The molecule has 0 bridgehead atoms. The first-order valence-electron chi connectivity index (χ1n) is 2.60. The van der Waals surface area contributed by atoms with Gasteiger partial charge in [-0.05, 0) is 0 Å². The summed E-state index contributed by atoms with van der Waals surface area (Å²) in [5, 5.41) is 10.2. The van der Waals surface area contributed by atoms with Gasteiger partial charge in [0.1, 0.15) is 6.20 Å². The first-order chi connectivity index (χ1) is 4.75. The highest BCUT2D eigenvalue weighted by Crippen LogP contribution is 1.98. The average molecular weight is 140 g/mol. The van der Waals surface area contributed by atoms with Crippen molar-refractivity contribution in [2.24, 2.45) is 0 Å². The van der Waals surface area contributed by atoms with Crippen molar-refractivity contribution in [2.45, 2.75) is 0 Å². The van der Waals surface area contributed by atoms with Gasteiger partial charge in [-0.15, -0.1) is 4.57 Å². The zero-order valence-corrected chi connectivity index (χ0v) is 5.15. The van der Waals surface area contributed by atoms with Crippen LogP contribution >= 0.6 is 0 Å². The molecule has 0 spiro atoms. The zero-order chi connectivity index (χ0) is 7.56. The minimum atomic E-state index is -0.488. The molecule has 0 aliphatic carbocycles. The summed E-state index contributed by atoms with van der Waals surface area (Å²) in [4.78, 5) is 12.3. The third-order valence-corrected chi connectivity index (χ3v) is 1.07. The molecule has 1 N–H and O–H groups in total. The summed E-state index contributed by atoms with van der Waals surface area (Å²) in [5.41, 5.74) is 0. The van der Waals surface area contributed by atoms with Gasteiger partial charge in [-0.1, -0.05) is 6.58 Å². The van der Waals surface area contributed by atoms with Gasteiger partial charge in [0, 0.05) is 4.92 Å². The van der Waals surface area contributed by atoms with Crippen molar-refractivity contribution in [1.29, 1.82) is 0 Å². The van der Waals surface area contributed by atoms with Crippen molar-refractivity contribution in [3.05, 3.63) is 29.2 Å². The molecule has 0 saturated heterocycles. The van der Waals surface area contributed by atoms with Crippen LogP contribution in [0.5, 0.6) is 0 Å². The Morgan fingerprint density at radius 2 is 2.60 bits per heavy atom. The molecular formula is C5H6N3O2+. The van der Waals surface area contributed by atoms with Crippen LogP contribution in [0.3, 0.4) is 0 Å². The van der Waals surface area contributed by atoms with E-state index in [0.717, 1.165) is 0 Å². The summed E-state index contributed by atoms with van der Waals surface area (Å²) in [6, 6.07) is 0. The van der Waals surface area contributed by atoms with Crippen LogP contribution in [0.1, 0.15) is 0 Å². The predicted octanol–water partition coefficient (Wildman–Crippen LogP) is 0.311. The fourth-order valence-corrected chi connectivity index (χ4v) is 0.626. The Hall–Kier alpha value is -1.65. The molecule has 1 aromatic heterocycles. The van der Waals surface area contributed by atoms with E-state index in [1.165, 1.54) is 23.3 Å². The summed E-state index contributed by atoms with van der Waals surface area (Å²) < 4.78 is 1.29. The summed E-state index contributed by atoms with van der Waals surface area (Å²) in [7, 11) is 0. The quantitative estimate of drug-likeness (QED) is 0.365.